The Morgan fingerprint density at radius 1 is 1.14 bits per heavy atom. The summed E-state index contributed by atoms with van der Waals surface area (Å²) in [7, 11) is 0. The van der Waals surface area contributed by atoms with Gasteiger partial charge in [-0.25, -0.2) is 4.79 Å². The highest BCUT2D eigenvalue weighted by Crippen LogP contribution is 2.34. The van der Waals surface area contributed by atoms with E-state index in [1.165, 1.54) is 18.2 Å². The summed E-state index contributed by atoms with van der Waals surface area (Å²) in [6, 6.07) is 11.5. The van der Waals surface area contributed by atoms with Crippen molar-refractivity contribution in [2.75, 3.05) is 6.61 Å². The molecule has 0 bridgehead atoms. The van der Waals surface area contributed by atoms with Crippen molar-refractivity contribution in [1.82, 2.24) is 0 Å². The maximum Gasteiger partial charge on any atom is 0.339 e. The van der Waals surface area contributed by atoms with Gasteiger partial charge in [-0.15, -0.1) is 0 Å². The van der Waals surface area contributed by atoms with Crippen LogP contribution in [-0.2, 0) is 0 Å². The third-order valence-electron chi connectivity index (χ3n) is 2.70. The zero-order valence-corrected chi connectivity index (χ0v) is 12.3. The molecule has 0 aliphatic heterocycles. The van der Waals surface area contributed by atoms with Crippen molar-refractivity contribution in [2.45, 2.75) is 13.3 Å². The Hall–Kier alpha value is -2.20. The van der Waals surface area contributed by atoms with E-state index in [9.17, 15) is 9.90 Å². The minimum absolute atomic E-state index is 0.0460. The van der Waals surface area contributed by atoms with Crippen LogP contribution < -0.4 is 9.47 Å². The van der Waals surface area contributed by atoms with Gasteiger partial charge in [0.05, 0.1) is 6.61 Å². The molecule has 110 valence electrons. The van der Waals surface area contributed by atoms with Crippen LogP contribution in [0.25, 0.3) is 0 Å². The molecule has 1 N–H and O–H groups in total. The van der Waals surface area contributed by atoms with E-state index in [1.54, 1.807) is 18.2 Å². The first-order valence-corrected chi connectivity index (χ1v) is 6.92. The number of carboxylic acid groups (broad SMARTS) is 1. The number of hydrogen-bond acceptors (Lipinski definition) is 3. The van der Waals surface area contributed by atoms with Gasteiger partial charge in [0.2, 0.25) is 0 Å². The maximum absolute atomic E-state index is 11.2. The molecule has 0 amide bonds. The van der Waals surface area contributed by atoms with Crippen LogP contribution >= 0.6 is 11.6 Å². The van der Waals surface area contributed by atoms with E-state index in [1.807, 2.05) is 13.0 Å². The Balaban J connectivity index is 2.34. The lowest BCUT2D eigenvalue weighted by molar-refractivity contribution is 0.0694. The highest BCUT2D eigenvalue weighted by Gasteiger charge is 2.14. The van der Waals surface area contributed by atoms with Crippen molar-refractivity contribution in [3.63, 3.8) is 0 Å². The van der Waals surface area contributed by atoms with E-state index in [2.05, 4.69) is 0 Å². The second-order valence-electron chi connectivity index (χ2n) is 4.34. The lowest BCUT2D eigenvalue weighted by atomic mass is 10.2. The largest absolute Gasteiger partial charge is 0.490 e. The highest BCUT2D eigenvalue weighted by molar-refractivity contribution is 6.30. The minimum Gasteiger partial charge on any atom is -0.490 e. The molecule has 2 rings (SSSR count). The van der Waals surface area contributed by atoms with Crippen LogP contribution in [0, 0.1) is 0 Å². The van der Waals surface area contributed by atoms with E-state index >= 15 is 0 Å². The third-order valence-corrected chi connectivity index (χ3v) is 2.94. The average Bonchev–Trinajstić information content (AvgIpc) is 2.46. The topological polar surface area (TPSA) is 55.8 Å². The van der Waals surface area contributed by atoms with Gasteiger partial charge in [0.15, 0.2) is 11.5 Å². The molecule has 0 radical (unpaired) electrons. The SMILES string of the molecule is CCCOc1ccccc1Oc1cc(Cl)ccc1C(=O)O. The summed E-state index contributed by atoms with van der Waals surface area (Å²) in [6.45, 7) is 2.56. The first-order valence-electron chi connectivity index (χ1n) is 6.54. The monoisotopic (exact) mass is 306 g/mol. The number of carbonyl (C=O) groups is 1. The van der Waals surface area contributed by atoms with Crippen LogP contribution in [-0.4, -0.2) is 17.7 Å². The van der Waals surface area contributed by atoms with Gasteiger partial charge in [0.25, 0.3) is 0 Å². The highest BCUT2D eigenvalue weighted by atomic mass is 35.5. The fourth-order valence-corrected chi connectivity index (χ4v) is 1.90. The fourth-order valence-electron chi connectivity index (χ4n) is 1.74. The van der Waals surface area contributed by atoms with E-state index < -0.39 is 5.97 Å². The summed E-state index contributed by atoms with van der Waals surface area (Å²) >= 11 is 5.91. The van der Waals surface area contributed by atoms with Crippen molar-refractivity contribution in [3.8, 4) is 17.2 Å². The molecule has 0 saturated heterocycles. The van der Waals surface area contributed by atoms with Crippen molar-refractivity contribution >= 4 is 17.6 Å². The molecule has 2 aromatic carbocycles. The standard InChI is InChI=1S/C16H15ClO4/c1-2-9-20-13-5-3-4-6-14(13)21-15-10-11(17)7-8-12(15)16(18)19/h3-8,10H,2,9H2,1H3,(H,18,19). The van der Waals surface area contributed by atoms with Crippen LogP contribution in [0.4, 0.5) is 0 Å². The number of aromatic carboxylic acids is 1. The first-order chi connectivity index (χ1) is 10.1. The Bertz CT molecular complexity index is 640. The van der Waals surface area contributed by atoms with Crippen LogP contribution in [0.5, 0.6) is 17.2 Å². The summed E-state index contributed by atoms with van der Waals surface area (Å²) in [5, 5.41) is 9.60. The number of halogens is 1. The molecule has 0 aliphatic carbocycles. The van der Waals surface area contributed by atoms with Crippen molar-refractivity contribution < 1.29 is 19.4 Å². The lowest BCUT2D eigenvalue weighted by Gasteiger charge is -2.13. The minimum atomic E-state index is -1.08. The maximum atomic E-state index is 11.2. The zero-order chi connectivity index (χ0) is 15.2. The van der Waals surface area contributed by atoms with Gasteiger partial charge in [-0.3, -0.25) is 0 Å². The number of hydrogen-bond donors (Lipinski definition) is 1. The molecule has 2 aromatic rings. The number of ether oxygens (including phenoxy) is 2. The van der Waals surface area contributed by atoms with Gasteiger partial charge >= 0.3 is 5.97 Å². The third kappa shape index (κ3) is 3.89. The number of rotatable bonds is 6. The van der Waals surface area contributed by atoms with E-state index in [4.69, 9.17) is 21.1 Å². The lowest BCUT2D eigenvalue weighted by Crippen LogP contribution is -2.01. The smallest absolute Gasteiger partial charge is 0.339 e. The molecule has 0 aromatic heterocycles. The summed E-state index contributed by atoms with van der Waals surface area (Å²) in [4.78, 5) is 11.2. The molecule has 0 fully saturated rings. The molecule has 21 heavy (non-hydrogen) atoms. The molecular formula is C16H15ClO4. The zero-order valence-electron chi connectivity index (χ0n) is 11.5. The summed E-state index contributed by atoms with van der Waals surface area (Å²) < 4.78 is 11.3. The Morgan fingerprint density at radius 2 is 1.86 bits per heavy atom. The summed E-state index contributed by atoms with van der Waals surface area (Å²) in [5.74, 6) is 0.127. The summed E-state index contributed by atoms with van der Waals surface area (Å²) in [5.41, 5.74) is 0.0460. The normalized spacial score (nSPS) is 10.2. The number of benzene rings is 2. The summed E-state index contributed by atoms with van der Waals surface area (Å²) in [6.07, 6.45) is 0.867. The van der Waals surface area contributed by atoms with Crippen molar-refractivity contribution in [3.05, 3.63) is 53.1 Å². The molecule has 0 spiro atoms. The molecule has 5 heteroatoms. The van der Waals surface area contributed by atoms with Gasteiger partial charge in [0, 0.05) is 11.1 Å². The first kappa shape index (κ1) is 15.2. The van der Waals surface area contributed by atoms with Crippen molar-refractivity contribution in [2.24, 2.45) is 0 Å². The van der Waals surface area contributed by atoms with Gasteiger partial charge in [-0.05, 0) is 30.7 Å². The van der Waals surface area contributed by atoms with Gasteiger partial charge in [-0.1, -0.05) is 30.7 Å². The Labute approximate surface area is 127 Å². The Kier molecular flexibility index (Phi) is 5.06. The van der Waals surface area contributed by atoms with Gasteiger partial charge < -0.3 is 14.6 Å². The molecule has 0 aliphatic rings. The number of carboxylic acids is 1. The Morgan fingerprint density at radius 3 is 2.52 bits per heavy atom. The van der Waals surface area contributed by atoms with Crippen LogP contribution in [0.3, 0.4) is 0 Å². The molecule has 0 unspecified atom stereocenters. The number of para-hydroxylation sites is 2. The van der Waals surface area contributed by atoms with E-state index in [0.717, 1.165) is 6.42 Å². The van der Waals surface area contributed by atoms with Gasteiger partial charge in [-0.2, -0.15) is 0 Å². The van der Waals surface area contributed by atoms with E-state index in [0.29, 0.717) is 23.1 Å². The predicted molar refractivity (Wildman–Crippen MR) is 80.7 cm³/mol. The second kappa shape index (κ2) is 6.99. The van der Waals surface area contributed by atoms with Gasteiger partial charge in [0.1, 0.15) is 11.3 Å². The van der Waals surface area contributed by atoms with E-state index in [-0.39, 0.29) is 11.3 Å². The molecule has 0 atom stereocenters. The predicted octanol–water partition coefficient (Wildman–Crippen LogP) is 4.62. The fraction of sp³-hybridized carbons (Fsp3) is 0.188. The molecule has 4 nitrogen and oxygen atoms in total. The van der Waals surface area contributed by atoms with Crippen LogP contribution in [0.2, 0.25) is 5.02 Å². The van der Waals surface area contributed by atoms with Crippen LogP contribution in [0.15, 0.2) is 42.5 Å². The molecule has 0 saturated carbocycles. The van der Waals surface area contributed by atoms with Crippen LogP contribution in [0.1, 0.15) is 23.7 Å². The molecular weight excluding hydrogens is 292 g/mol. The second-order valence-corrected chi connectivity index (χ2v) is 4.78. The average molecular weight is 307 g/mol. The quantitative estimate of drug-likeness (QED) is 0.846. The molecule has 0 heterocycles. The van der Waals surface area contributed by atoms with Crippen molar-refractivity contribution in [1.29, 1.82) is 0 Å².